The molecule has 0 atom stereocenters. The second-order valence-electron chi connectivity index (χ2n) is 6.22. The molecule has 0 radical (unpaired) electrons. The second kappa shape index (κ2) is 6.63. The number of rotatable bonds is 3. The molecule has 3 aromatic rings. The molecule has 2 amide bonds. The average Bonchev–Trinajstić information content (AvgIpc) is 2.72. The summed E-state index contributed by atoms with van der Waals surface area (Å²) in [6.07, 6.45) is 0. The number of para-hydroxylation sites is 1. The quantitative estimate of drug-likeness (QED) is 0.765. The Morgan fingerprint density at radius 1 is 0.692 bits per heavy atom. The molecule has 0 aromatic heterocycles. The summed E-state index contributed by atoms with van der Waals surface area (Å²) in [4.78, 5) is 12.8. The van der Waals surface area contributed by atoms with Crippen molar-refractivity contribution in [2.45, 2.75) is 5.66 Å². The van der Waals surface area contributed by atoms with Crippen molar-refractivity contribution >= 4 is 11.7 Å². The molecule has 1 heterocycles. The normalized spacial score (nSPS) is 16.6. The van der Waals surface area contributed by atoms with Crippen molar-refractivity contribution in [2.24, 2.45) is 0 Å². The number of hydrogen-bond donors (Lipinski definition) is 2. The summed E-state index contributed by atoms with van der Waals surface area (Å²) in [6, 6.07) is 29.5. The van der Waals surface area contributed by atoms with Crippen molar-refractivity contribution in [3.8, 4) is 0 Å². The molecule has 3 aromatic carbocycles. The highest BCUT2D eigenvalue weighted by Gasteiger charge is 2.44. The number of carbonyl (C=O) groups is 1. The minimum atomic E-state index is -0.777. The van der Waals surface area contributed by atoms with Crippen LogP contribution in [0.25, 0.3) is 0 Å². The zero-order valence-corrected chi connectivity index (χ0v) is 14.5. The smallest absolute Gasteiger partial charge is 0.259 e. The number of benzene rings is 3. The Balaban J connectivity index is 1.87. The van der Waals surface area contributed by atoms with E-state index in [9.17, 15) is 4.79 Å². The number of hydrogen-bond acceptors (Lipinski definition) is 3. The van der Waals surface area contributed by atoms with Gasteiger partial charge in [-0.05, 0) is 23.3 Å². The lowest BCUT2D eigenvalue weighted by Gasteiger charge is -2.48. The molecule has 130 valence electrons. The number of hydrazine groups is 2. The van der Waals surface area contributed by atoms with Gasteiger partial charge in [-0.25, -0.2) is 15.2 Å². The maximum absolute atomic E-state index is 12.8. The van der Waals surface area contributed by atoms with Crippen LogP contribution < -0.4 is 15.9 Å². The van der Waals surface area contributed by atoms with Crippen molar-refractivity contribution in [2.75, 3.05) is 12.1 Å². The van der Waals surface area contributed by atoms with Gasteiger partial charge < -0.3 is 0 Å². The highest BCUT2D eigenvalue weighted by Crippen LogP contribution is 2.31. The van der Waals surface area contributed by atoms with E-state index in [0.29, 0.717) is 0 Å². The van der Waals surface area contributed by atoms with E-state index >= 15 is 0 Å². The molecule has 0 spiro atoms. The monoisotopic (exact) mass is 344 g/mol. The molecule has 5 nitrogen and oxygen atoms in total. The van der Waals surface area contributed by atoms with Gasteiger partial charge in [-0.1, -0.05) is 78.9 Å². The Morgan fingerprint density at radius 2 is 1.15 bits per heavy atom. The fourth-order valence-electron chi connectivity index (χ4n) is 3.24. The third-order valence-corrected chi connectivity index (χ3v) is 4.52. The molecular weight excluding hydrogens is 324 g/mol. The number of anilines is 1. The van der Waals surface area contributed by atoms with Crippen LogP contribution in [0, 0.1) is 0 Å². The van der Waals surface area contributed by atoms with Gasteiger partial charge in [-0.15, -0.1) is 0 Å². The van der Waals surface area contributed by atoms with Crippen LogP contribution in [-0.4, -0.2) is 18.1 Å². The van der Waals surface area contributed by atoms with Crippen molar-refractivity contribution in [3.63, 3.8) is 0 Å². The molecule has 26 heavy (non-hydrogen) atoms. The van der Waals surface area contributed by atoms with E-state index in [1.54, 1.807) is 12.1 Å². The van der Waals surface area contributed by atoms with E-state index in [0.717, 1.165) is 16.8 Å². The molecule has 5 heteroatoms. The second-order valence-corrected chi connectivity index (χ2v) is 6.22. The lowest BCUT2D eigenvalue weighted by Crippen LogP contribution is -2.73. The Bertz CT molecular complexity index is 844. The third kappa shape index (κ3) is 2.73. The molecule has 0 saturated carbocycles. The maximum Gasteiger partial charge on any atom is 0.353 e. The zero-order chi connectivity index (χ0) is 18.0. The van der Waals surface area contributed by atoms with E-state index in [1.807, 2.05) is 91.0 Å². The molecule has 2 N–H and O–H groups in total. The van der Waals surface area contributed by atoms with E-state index in [1.165, 1.54) is 5.01 Å². The summed E-state index contributed by atoms with van der Waals surface area (Å²) in [5.41, 5.74) is 8.78. The molecule has 0 bridgehead atoms. The molecule has 1 saturated heterocycles. The first-order valence-corrected chi connectivity index (χ1v) is 8.50. The van der Waals surface area contributed by atoms with Gasteiger partial charge in [0.25, 0.3) is 0 Å². The Labute approximate surface area is 152 Å². The Hall–Kier alpha value is -3.15. The summed E-state index contributed by atoms with van der Waals surface area (Å²) in [6.45, 7) is 0. The predicted molar refractivity (Wildman–Crippen MR) is 102 cm³/mol. The van der Waals surface area contributed by atoms with Crippen LogP contribution in [0.2, 0.25) is 0 Å². The number of amides is 2. The topological polar surface area (TPSA) is 47.6 Å². The van der Waals surface area contributed by atoms with E-state index in [-0.39, 0.29) is 6.03 Å². The lowest BCUT2D eigenvalue weighted by atomic mass is 9.91. The van der Waals surface area contributed by atoms with Gasteiger partial charge in [0.05, 0.1) is 5.69 Å². The summed E-state index contributed by atoms with van der Waals surface area (Å²) < 4.78 is 0. The fourth-order valence-corrected chi connectivity index (χ4v) is 3.24. The summed E-state index contributed by atoms with van der Waals surface area (Å²) >= 11 is 0. The summed E-state index contributed by atoms with van der Waals surface area (Å²) in [5, 5.41) is 3.10. The Kier molecular flexibility index (Phi) is 4.16. The maximum atomic E-state index is 12.8. The zero-order valence-electron chi connectivity index (χ0n) is 14.5. The predicted octanol–water partition coefficient (Wildman–Crippen LogP) is 3.47. The van der Waals surface area contributed by atoms with Crippen LogP contribution in [0.1, 0.15) is 11.1 Å². The fraction of sp³-hybridized carbons (Fsp3) is 0.0952. The van der Waals surface area contributed by atoms with Crippen LogP contribution in [0.15, 0.2) is 91.0 Å². The SMILES string of the molecule is CN1NC(c2ccccc2)(c2ccccc2)NN(c2ccccc2)C1=O. The van der Waals surface area contributed by atoms with Gasteiger partial charge in [0, 0.05) is 7.05 Å². The van der Waals surface area contributed by atoms with Gasteiger partial charge in [0.1, 0.15) is 0 Å². The minimum Gasteiger partial charge on any atom is -0.259 e. The number of urea groups is 1. The summed E-state index contributed by atoms with van der Waals surface area (Å²) in [7, 11) is 1.74. The number of nitrogens with one attached hydrogen (secondary N) is 2. The molecule has 0 aliphatic carbocycles. The van der Waals surface area contributed by atoms with Crippen LogP contribution in [0.4, 0.5) is 10.5 Å². The van der Waals surface area contributed by atoms with Gasteiger partial charge in [-0.2, -0.15) is 5.43 Å². The number of nitrogens with zero attached hydrogens (tertiary/aromatic N) is 2. The molecule has 0 unspecified atom stereocenters. The van der Waals surface area contributed by atoms with E-state index in [2.05, 4.69) is 10.9 Å². The van der Waals surface area contributed by atoms with Crippen molar-refractivity contribution < 1.29 is 4.79 Å². The van der Waals surface area contributed by atoms with Crippen LogP contribution >= 0.6 is 0 Å². The van der Waals surface area contributed by atoms with E-state index < -0.39 is 5.66 Å². The highest BCUT2D eigenvalue weighted by atomic mass is 16.2. The van der Waals surface area contributed by atoms with Crippen LogP contribution in [0.3, 0.4) is 0 Å². The van der Waals surface area contributed by atoms with Crippen molar-refractivity contribution in [3.05, 3.63) is 102 Å². The standard InChI is InChI=1S/C21H20N4O/c1-24-20(26)25(19-15-9-4-10-16-19)23-21(22-24,17-11-5-2-6-12-17)18-13-7-3-8-14-18/h2-16,22-23H,1H3. The first-order valence-electron chi connectivity index (χ1n) is 8.50. The first-order chi connectivity index (χ1) is 12.7. The molecule has 1 fully saturated rings. The minimum absolute atomic E-state index is 0.182. The highest BCUT2D eigenvalue weighted by molar-refractivity contribution is 5.91. The van der Waals surface area contributed by atoms with Crippen molar-refractivity contribution in [1.29, 1.82) is 0 Å². The Morgan fingerprint density at radius 3 is 1.65 bits per heavy atom. The van der Waals surface area contributed by atoms with Crippen molar-refractivity contribution in [1.82, 2.24) is 15.9 Å². The van der Waals surface area contributed by atoms with E-state index in [4.69, 9.17) is 0 Å². The van der Waals surface area contributed by atoms with Gasteiger partial charge in [0.2, 0.25) is 0 Å². The van der Waals surface area contributed by atoms with Gasteiger partial charge in [-0.3, -0.25) is 5.01 Å². The third-order valence-electron chi connectivity index (χ3n) is 4.52. The largest absolute Gasteiger partial charge is 0.353 e. The van der Waals surface area contributed by atoms with Gasteiger partial charge >= 0.3 is 6.03 Å². The average molecular weight is 344 g/mol. The van der Waals surface area contributed by atoms with Crippen LogP contribution in [-0.2, 0) is 5.66 Å². The molecular formula is C21H20N4O. The summed E-state index contributed by atoms with van der Waals surface area (Å²) in [5.74, 6) is 0. The lowest BCUT2D eigenvalue weighted by molar-refractivity contribution is 0.107. The molecule has 1 aliphatic rings. The first kappa shape index (κ1) is 16.3. The number of carbonyl (C=O) groups excluding carboxylic acids is 1. The van der Waals surface area contributed by atoms with Gasteiger partial charge in [0.15, 0.2) is 5.66 Å². The molecule has 4 rings (SSSR count). The molecule has 1 aliphatic heterocycles. The van der Waals surface area contributed by atoms with Crippen LogP contribution in [0.5, 0.6) is 0 Å².